The van der Waals surface area contributed by atoms with Gasteiger partial charge in [-0.25, -0.2) is 4.79 Å². The van der Waals surface area contributed by atoms with Gasteiger partial charge in [-0.15, -0.1) is 0 Å². The summed E-state index contributed by atoms with van der Waals surface area (Å²) in [5.74, 6) is 0.933. The number of piperazine rings is 1. The molecule has 3 rings (SSSR count). The number of carbonyl (C=O) groups is 1. The maximum absolute atomic E-state index is 10.9. The SMILES string of the molecule is O=C(O)N1CCN(Cc2ccc(OCCCN3CCCCC3)cc2)CC1. The highest BCUT2D eigenvalue weighted by molar-refractivity contribution is 5.65. The van der Waals surface area contributed by atoms with Crippen molar-refractivity contribution in [3.05, 3.63) is 29.8 Å². The highest BCUT2D eigenvalue weighted by atomic mass is 16.5. The number of piperidine rings is 1. The molecule has 1 aromatic carbocycles. The van der Waals surface area contributed by atoms with Gasteiger partial charge in [0.1, 0.15) is 5.75 Å². The zero-order chi connectivity index (χ0) is 18.2. The molecule has 0 bridgehead atoms. The lowest BCUT2D eigenvalue weighted by Gasteiger charge is -2.33. The number of benzene rings is 1. The fraction of sp³-hybridized carbons (Fsp3) is 0.650. The number of nitrogens with zero attached hydrogens (tertiary/aromatic N) is 3. The van der Waals surface area contributed by atoms with E-state index in [4.69, 9.17) is 9.84 Å². The Morgan fingerprint density at radius 2 is 1.62 bits per heavy atom. The van der Waals surface area contributed by atoms with Crippen molar-refractivity contribution >= 4 is 6.09 Å². The summed E-state index contributed by atoms with van der Waals surface area (Å²) < 4.78 is 5.87. The number of hydrogen-bond acceptors (Lipinski definition) is 4. The molecule has 0 radical (unpaired) electrons. The van der Waals surface area contributed by atoms with E-state index in [-0.39, 0.29) is 0 Å². The summed E-state index contributed by atoms with van der Waals surface area (Å²) >= 11 is 0. The lowest BCUT2D eigenvalue weighted by atomic mass is 10.1. The normalized spacial score (nSPS) is 19.5. The topological polar surface area (TPSA) is 56.3 Å². The standard InChI is InChI=1S/C20H31N3O3/c24-20(25)23-14-12-22(13-15-23)17-18-5-7-19(8-6-18)26-16-4-11-21-9-2-1-3-10-21/h5-8H,1-4,9-17H2,(H,24,25). The summed E-state index contributed by atoms with van der Waals surface area (Å²) in [7, 11) is 0. The molecule has 0 aromatic heterocycles. The second kappa shape index (κ2) is 9.78. The van der Waals surface area contributed by atoms with Gasteiger partial charge in [0.25, 0.3) is 0 Å². The first kappa shape index (κ1) is 19.0. The number of ether oxygens (including phenoxy) is 1. The van der Waals surface area contributed by atoms with Crippen molar-refractivity contribution in [2.75, 3.05) is 52.4 Å². The van der Waals surface area contributed by atoms with Crippen molar-refractivity contribution in [2.45, 2.75) is 32.2 Å². The molecule has 2 aliphatic heterocycles. The van der Waals surface area contributed by atoms with Crippen molar-refractivity contribution in [2.24, 2.45) is 0 Å². The Hall–Kier alpha value is -1.79. The maximum Gasteiger partial charge on any atom is 0.407 e. The van der Waals surface area contributed by atoms with Gasteiger partial charge in [0, 0.05) is 39.3 Å². The molecule has 2 fully saturated rings. The molecular formula is C20H31N3O3. The fourth-order valence-electron chi connectivity index (χ4n) is 3.71. The number of amides is 1. The van der Waals surface area contributed by atoms with E-state index in [1.54, 1.807) is 0 Å². The van der Waals surface area contributed by atoms with E-state index < -0.39 is 6.09 Å². The van der Waals surface area contributed by atoms with Crippen LogP contribution in [0.15, 0.2) is 24.3 Å². The van der Waals surface area contributed by atoms with Crippen molar-refractivity contribution in [1.29, 1.82) is 0 Å². The summed E-state index contributed by atoms with van der Waals surface area (Å²) in [5, 5.41) is 9.00. The second-order valence-corrected chi connectivity index (χ2v) is 7.29. The van der Waals surface area contributed by atoms with Crippen LogP contribution in [0.25, 0.3) is 0 Å². The van der Waals surface area contributed by atoms with E-state index in [0.29, 0.717) is 13.1 Å². The minimum atomic E-state index is -0.813. The molecule has 2 saturated heterocycles. The summed E-state index contributed by atoms with van der Waals surface area (Å²) in [6.07, 6.45) is 4.33. The van der Waals surface area contributed by atoms with Crippen LogP contribution in [0, 0.1) is 0 Å². The first-order valence-electron chi connectivity index (χ1n) is 9.85. The minimum Gasteiger partial charge on any atom is -0.494 e. The molecule has 26 heavy (non-hydrogen) atoms. The average Bonchev–Trinajstić information content (AvgIpc) is 2.68. The first-order valence-corrected chi connectivity index (χ1v) is 9.85. The molecule has 2 heterocycles. The van der Waals surface area contributed by atoms with Gasteiger partial charge < -0.3 is 19.6 Å². The van der Waals surface area contributed by atoms with Crippen LogP contribution in [-0.4, -0.2) is 78.3 Å². The highest BCUT2D eigenvalue weighted by Gasteiger charge is 2.20. The van der Waals surface area contributed by atoms with Gasteiger partial charge in [-0.3, -0.25) is 4.90 Å². The van der Waals surface area contributed by atoms with Gasteiger partial charge in [-0.2, -0.15) is 0 Å². The van der Waals surface area contributed by atoms with Crippen LogP contribution in [0.1, 0.15) is 31.2 Å². The predicted octanol–water partition coefficient (Wildman–Crippen LogP) is 2.74. The predicted molar refractivity (Wildman–Crippen MR) is 102 cm³/mol. The molecule has 0 unspecified atom stereocenters. The van der Waals surface area contributed by atoms with Gasteiger partial charge in [0.15, 0.2) is 0 Å². The van der Waals surface area contributed by atoms with Gasteiger partial charge in [-0.05, 0) is 50.0 Å². The zero-order valence-electron chi connectivity index (χ0n) is 15.6. The number of likely N-dealkylation sites (tertiary alicyclic amines) is 1. The highest BCUT2D eigenvalue weighted by Crippen LogP contribution is 2.15. The summed E-state index contributed by atoms with van der Waals surface area (Å²) in [6, 6.07) is 8.32. The van der Waals surface area contributed by atoms with Crippen molar-refractivity contribution in [1.82, 2.24) is 14.7 Å². The van der Waals surface area contributed by atoms with E-state index in [1.165, 1.54) is 42.8 Å². The molecule has 144 valence electrons. The Kier molecular flexibility index (Phi) is 7.14. The quantitative estimate of drug-likeness (QED) is 0.757. The lowest BCUT2D eigenvalue weighted by molar-refractivity contribution is 0.103. The monoisotopic (exact) mass is 361 g/mol. The summed E-state index contributed by atoms with van der Waals surface area (Å²) in [6.45, 7) is 8.03. The van der Waals surface area contributed by atoms with Crippen molar-refractivity contribution < 1.29 is 14.6 Å². The van der Waals surface area contributed by atoms with Crippen LogP contribution in [0.3, 0.4) is 0 Å². The smallest absolute Gasteiger partial charge is 0.407 e. The van der Waals surface area contributed by atoms with Gasteiger partial charge >= 0.3 is 6.09 Å². The zero-order valence-corrected chi connectivity index (χ0v) is 15.6. The van der Waals surface area contributed by atoms with Crippen LogP contribution in [-0.2, 0) is 6.54 Å². The second-order valence-electron chi connectivity index (χ2n) is 7.29. The Balaban J connectivity index is 1.33. The Labute approximate surface area is 156 Å². The van der Waals surface area contributed by atoms with Crippen LogP contribution < -0.4 is 4.74 Å². The van der Waals surface area contributed by atoms with E-state index >= 15 is 0 Å². The maximum atomic E-state index is 10.9. The van der Waals surface area contributed by atoms with E-state index in [0.717, 1.165) is 45.0 Å². The minimum absolute atomic E-state index is 0.591. The summed E-state index contributed by atoms with van der Waals surface area (Å²) in [4.78, 5) is 17.3. The molecular weight excluding hydrogens is 330 g/mol. The van der Waals surface area contributed by atoms with Gasteiger partial charge in [0.05, 0.1) is 6.61 Å². The molecule has 0 spiro atoms. The molecule has 6 heteroatoms. The average molecular weight is 361 g/mol. The van der Waals surface area contributed by atoms with E-state index in [2.05, 4.69) is 21.9 Å². The molecule has 0 aliphatic carbocycles. The van der Waals surface area contributed by atoms with E-state index in [1.807, 2.05) is 12.1 Å². The molecule has 1 aromatic rings. The summed E-state index contributed by atoms with van der Waals surface area (Å²) in [5.41, 5.74) is 1.24. The molecule has 2 aliphatic rings. The van der Waals surface area contributed by atoms with Crippen LogP contribution in [0.2, 0.25) is 0 Å². The third kappa shape index (κ3) is 5.88. The van der Waals surface area contributed by atoms with Crippen LogP contribution >= 0.6 is 0 Å². The van der Waals surface area contributed by atoms with Crippen LogP contribution in [0.4, 0.5) is 4.79 Å². The van der Waals surface area contributed by atoms with Crippen molar-refractivity contribution in [3.8, 4) is 5.75 Å². The third-order valence-electron chi connectivity index (χ3n) is 5.31. The molecule has 1 N–H and O–H groups in total. The van der Waals surface area contributed by atoms with E-state index in [9.17, 15) is 4.79 Å². The Morgan fingerprint density at radius 1 is 0.923 bits per heavy atom. The number of rotatable bonds is 7. The fourth-order valence-corrected chi connectivity index (χ4v) is 3.71. The number of carboxylic acid groups (broad SMARTS) is 1. The van der Waals surface area contributed by atoms with Gasteiger partial charge in [-0.1, -0.05) is 18.6 Å². The largest absolute Gasteiger partial charge is 0.494 e. The Bertz CT molecular complexity index is 550. The molecule has 6 nitrogen and oxygen atoms in total. The van der Waals surface area contributed by atoms with Crippen LogP contribution in [0.5, 0.6) is 5.75 Å². The van der Waals surface area contributed by atoms with Gasteiger partial charge in [0.2, 0.25) is 0 Å². The lowest BCUT2D eigenvalue weighted by Crippen LogP contribution is -2.47. The Morgan fingerprint density at radius 3 is 2.27 bits per heavy atom. The molecule has 0 atom stereocenters. The third-order valence-corrected chi connectivity index (χ3v) is 5.31. The molecule has 1 amide bonds. The first-order chi connectivity index (χ1) is 12.7. The molecule has 0 saturated carbocycles. The number of hydrogen-bond donors (Lipinski definition) is 1. The van der Waals surface area contributed by atoms with Crippen molar-refractivity contribution in [3.63, 3.8) is 0 Å².